The number of benzene rings is 2. The van der Waals surface area contributed by atoms with Gasteiger partial charge in [0.25, 0.3) is 5.91 Å². The molecule has 5 nitrogen and oxygen atoms in total. The molecular weight excluding hydrogens is 314 g/mol. The second kappa shape index (κ2) is 7.83. The molecule has 1 saturated heterocycles. The van der Waals surface area contributed by atoms with Gasteiger partial charge in [0.2, 0.25) is 5.91 Å². The lowest BCUT2D eigenvalue weighted by molar-refractivity contribution is -0.116. The summed E-state index contributed by atoms with van der Waals surface area (Å²) in [6.45, 7) is 1.67. The van der Waals surface area contributed by atoms with Crippen molar-refractivity contribution >= 4 is 23.2 Å². The number of aryl methyl sites for hydroxylation is 1. The van der Waals surface area contributed by atoms with E-state index < -0.39 is 0 Å². The first-order chi connectivity index (χ1) is 12.1. The van der Waals surface area contributed by atoms with Crippen molar-refractivity contribution in [3.8, 4) is 0 Å². The van der Waals surface area contributed by atoms with Gasteiger partial charge in [0.1, 0.15) is 0 Å². The molecule has 1 aliphatic heterocycles. The normalized spacial score (nSPS) is 13.7. The van der Waals surface area contributed by atoms with Crippen LogP contribution in [0, 0.1) is 0 Å². The summed E-state index contributed by atoms with van der Waals surface area (Å²) in [5.74, 6) is 0.0224. The van der Waals surface area contributed by atoms with Gasteiger partial charge in [0.05, 0.1) is 0 Å². The molecule has 0 aliphatic carbocycles. The third kappa shape index (κ3) is 4.59. The molecule has 130 valence electrons. The van der Waals surface area contributed by atoms with Gasteiger partial charge in [-0.3, -0.25) is 9.59 Å². The van der Waals surface area contributed by atoms with Crippen LogP contribution in [0.1, 0.15) is 35.2 Å². The fraction of sp³-hybridized carbons (Fsp3) is 0.300. The number of hydrogen-bond acceptors (Lipinski definition) is 3. The lowest BCUT2D eigenvalue weighted by Gasteiger charge is -2.15. The number of nitrogen functional groups attached to an aromatic ring is 1. The Morgan fingerprint density at radius 1 is 0.960 bits per heavy atom. The zero-order chi connectivity index (χ0) is 17.6. The predicted molar refractivity (Wildman–Crippen MR) is 99.4 cm³/mol. The Kier molecular flexibility index (Phi) is 5.33. The average Bonchev–Trinajstić information content (AvgIpc) is 3.16. The summed E-state index contributed by atoms with van der Waals surface area (Å²) in [7, 11) is 0. The number of carbonyl (C=O) groups excluding carboxylic acids is 2. The van der Waals surface area contributed by atoms with Crippen LogP contribution in [0.5, 0.6) is 0 Å². The highest BCUT2D eigenvalue weighted by Crippen LogP contribution is 2.16. The number of nitrogens with zero attached hydrogens (tertiary/aromatic N) is 1. The molecule has 0 unspecified atom stereocenters. The van der Waals surface area contributed by atoms with Crippen molar-refractivity contribution in [1.29, 1.82) is 0 Å². The maximum Gasteiger partial charge on any atom is 0.253 e. The van der Waals surface area contributed by atoms with Crippen molar-refractivity contribution < 1.29 is 9.59 Å². The zero-order valence-electron chi connectivity index (χ0n) is 14.2. The van der Waals surface area contributed by atoms with Crippen LogP contribution in [0.15, 0.2) is 48.5 Å². The van der Waals surface area contributed by atoms with Gasteiger partial charge < -0.3 is 16.0 Å². The first-order valence-electron chi connectivity index (χ1n) is 8.65. The Morgan fingerprint density at radius 2 is 1.60 bits per heavy atom. The van der Waals surface area contributed by atoms with E-state index in [-0.39, 0.29) is 11.8 Å². The maximum absolute atomic E-state index is 12.3. The van der Waals surface area contributed by atoms with Crippen molar-refractivity contribution in [1.82, 2.24) is 4.90 Å². The van der Waals surface area contributed by atoms with Crippen LogP contribution in [0.3, 0.4) is 0 Å². The average molecular weight is 337 g/mol. The molecule has 3 N–H and O–H groups in total. The smallest absolute Gasteiger partial charge is 0.253 e. The van der Waals surface area contributed by atoms with E-state index >= 15 is 0 Å². The van der Waals surface area contributed by atoms with E-state index in [0.29, 0.717) is 24.1 Å². The minimum absolute atomic E-state index is 0.0459. The lowest BCUT2D eigenvalue weighted by Crippen LogP contribution is -2.27. The summed E-state index contributed by atoms with van der Waals surface area (Å²) in [6, 6.07) is 14.6. The molecule has 0 saturated carbocycles. The van der Waals surface area contributed by atoms with Crippen molar-refractivity contribution in [3.05, 3.63) is 59.7 Å². The predicted octanol–water partition coefficient (Wildman–Crippen LogP) is 3.08. The molecule has 0 bridgehead atoms. The van der Waals surface area contributed by atoms with Gasteiger partial charge in [-0.1, -0.05) is 12.1 Å². The number of rotatable bonds is 5. The first-order valence-corrected chi connectivity index (χ1v) is 8.65. The number of nitrogens with one attached hydrogen (secondary N) is 1. The minimum atomic E-state index is -0.0459. The fourth-order valence-corrected chi connectivity index (χ4v) is 2.96. The number of nitrogens with two attached hydrogens (primary N) is 1. The Morgan fingerprint density at radius 3 is 2.24 bits per heavy atom. The van der Waals surface area contributed by atoms with Gasteiger partial charge in [-0.05, 0) is 61.2 Å². The van der Waals surface area contributed by atoms with E-state index in [1.165, 1.54) is 0 Å². The van der Waals surface area contributed by atoms with Gasteiger partial charge in [-0.15, -0.1) is 0 Å². The Labute approximate surface area is 147 Å². The molecule has 2 amide bonds. The van der Waals surface area contributed by atoms with Crippen molar-refractivity contribution in [3.63, 3.8) is 0 Å². The molecule has 25 heavy (non-hydrogen) atoms. The van der Waals surface area contributed by atoms with Crippen LogP contribution >= 0.6 is 0 Å². The molecule has 1 heterocycles. The van der Waals surface area contributed by atoms with E-state index in [0.717, 1.165) is 37.2 Å². The molecule has 2 aromatic rings. The summed E-state index contributed by atoms with van der Waals surface area (Å²) in [4.78, 5) is 26.2. The number of likely N-dealkylation sites (tertiary alicyclic amines) is 1. The quantitative estimate of drug-likeness (QED) is 0.823. The van der Waals surface area contributed by atoms with Gasteiger partial charge in [-0.2, -0.15) is 0 Å². The first kappa shape index (κ1) is 17.0. The number of amides is 2. The van der Waals surface area contributed by atoms with E-state index in [4.69, 9.17) is 5.73 Å². The molecular formula is C20H23N3O2. The van der Waals surface area contributed by atoms with Gasteiger partial charge >= 0.3 is 0 Å². The van der Waals surface area contributed by atoms with Gasteiger partial charge in [0.15, 0.2) is 0 Å². The summed E-state index contributed by atoms with van der Waals surface area (Å²) >= 11 is 0. The third-order valence-corrected chi connectivity index (χ3v) is 4.43. The fourth-order valence-electron chi connectivity index (χ4n) is 2.96. The lowest BCUT2D eigenvalue weighted by atomic mass is 10.1. The molecule has 1 fully saturated rings. The number of carbonyl (C=O) groups is 2. The monoisotopic (exact) mass is 337 g/mol. The van der Waals surface area contributed by atoms with E-state index in [1.54, 1.807) is 24.3 Å². The second-order valence-electron chi connectivity index (χ2n) is 6.37. The Balaban J connectivity index is 1.51. The highest BCUT2D eigenvalue weighted by molar-refractivity contribution is 5.96. The maximum atomic E-state index is 12.3. The van der Waals surface area contributed by atoms with Crippen molar-refractivity contribution in [2.75, 3.05) is 24.1 Å². The van der Waals surface area contributed by atoms with E-state index in [9.17, 15) is 9.59 Å². The highest BCUT2D eigenvalue weighted by Gasteiger charge is 2.19. The van der Waals surface area contributed by atoms with Crippen LogP contribution in [0.25, 0.3) is 0 Å². The topological polar surface area (TPSA) is 75.4 Å². The van der Waals surface area contributed by atoms with Crippen LogP contribution in [0.4, 0.5) is 11.4 Å². The zero-order valence-corrected chi connectivity index (χ0v) is 14.2. The third-order valence-electron chi connectivity index (χ3n) is 4.43. The second-order valence-corrected chi connectivity index (χ2v) is 6.37. The Bertz CT molecular complexity index is 733. The molecule has 0 radical (unpaired) electrons. The molecule has 5 heteroatoms. The highest BCUT2D eigenvalue weighted by atomic mass is 16.2. The van der Waals surface area contributed by atoms with Crippen LogP contribution in [-0.2, 0) is 11.2 Å². The SMILES string of the molecule is Nc1ccc(CCC(=O)Nc2ccc(C(=O)N3CCCC3)cc2)cc1. The van der Waals surface area contributed by atoms with Gasteiger partial charge in [0, 0.05) is 36.4 Å². The van der Waals surface area contributed by atoms with Crippen molar-refractivity contribution in [2.24, 2.45) is 0 Å². The summed E-state index contributed by atoms with van der Waals surface area (Å²) in [6.07, 6.45) is 3.22. The Hall–Kier alpha value is -2.82. The summed E-state index contributed by atoms with van der Waals surface area (Å²) in [5, 5.41) is 2.87. The van der Waals surface area contributed by atoms with Crippen molar-refractivity contribution in [2.45, 2.75) is 25.7 Å². The standard InChI is InChI=1S/C20H23N3O2/c21-17-8-3-15(4-9-17)5-12-19(24)22-18-10-6-16(7-11-18)20(25)23-13-1-2-14-23/h3-4,6-11H,1-2,5,12-14,21H2,(H,22,24). The van der Waals surface area contributed by atoms with E-state index in [1.807, 2.05) is 29.2 Å². The minimum Gasteiger partial charge on any atom is -0.399 e. The van der Waals surface area contributed by atoms with Crippen LogP contribution in [0.2, 0.25) is 0 Å². The molecule has 2 aromatic carbocycles. The summed E-state index contributed by atoms with van der Waals surface area (Å²) < 4.78 is 0. The molecule has 0 atom stereocenters. The molecule has 1 aliphatic rings. The molecule has 3 rings (SSSR count). The van der Waals surface area contributed by atoms with E-state index in [2.05, 4.69) is 5.32 Å². The molecule has 0 spiro atoms. The van der Waals surface area contributed by atoms with Crippen LogP contribution < -0.4 is 11.1 Å². The largest absolute Gasteiger partial charge is 0.399 e. The number of hydrogen-bond donors (Lipinski definition) is 2. The van der Waals surface area contributed by atoms with Crippen LogP contribution in [-0.4, -0.2) is 29.8 Å². The van der Waals surface area contributed by atoms with Gasteiger partial charge in [-0.25, -0.2) is 0 Å². The molecule has 0 aromatic heterocycles. The number of anilines is 2. The summed E-state index contributed by atoms with van der Waals surface area (Å²) in [5.41, 5.74) is 8.83.